The molecule has 2 aromatic heterocycles. The number of methoxy groups -OCH3 is 1. The van der Waals surface area contributed by atoms with Gasteiger partial charge in [0, 0.05) is 11.1 Å². The molecular formula is C21H16F2N2O3S. The Morgan fingerprint density at radius 2 is 1.72 bits per heavy atom. The number of halogens is 2. The summed E-state index contributed by atoms with van der Waals surface area (Å²) in [7, 11) is 1.51. The number of thiophene rings is 1. The molecule has 0 amide bonds. The standard InChI is InChI=1S/C21H16F2N2O3S/c1-28-18-5-3-2-4-13(18)11-25-20(26)19-17(8-9-29-19)24(21(25)27)12-14-10-15(22)6-7-16(14)23/h2-10H,11-12H2,1H3. The molecule has 4 rings (SSSR count). The third kappa shape index (κ3) is 3.47. The van der Waals surface area contributed by atoms with Crippen molar-refractivity contribution in [3.8, 4) is 5.75 Å². The molecule has 2 heterocycles. The van der Waals surface area contributed by atoms with Crippen LogP contribution in [0.25, 0.3) is 10.2 Å². The van der Waals surface area contributed by atoms with Crippen LogP contribution in [0.5, 0.6) is 5.75 Å². The zero-order valence-electron chi connectivity index (χ0n) is 15.4. The molecule has 0 spiro atoms. The first-order chi connectivity index (χ1) is 14.0. The summed E-state index contributed by atoms with van der Waals surface area (Å²) >= 11 is 1.20. The lowest BCUT2D eigenvalue weighted by Crippen LogP contribution is -2.40. The fourth-order valence-electron chi connectivity index (χ4n) is 3.26. The van der Waals surface area contributed by atoms with Gasteiger partial charge in [-0.1, -0.05) is 18.2 Å². The van der Waals surface area contributed by atoms with Crippen LogP contribution in [0.15, 0.2) is 63.5 Å². The molecule has 0 aliphatic heterocycles. The molecule has 0 aliphatic rings. The zero-order valence-corrected chi connectivity index (χ0v) is 16.2. The Morgan fingerprint density at radius 1 is 0.966 bits per heavy atom. The number of hydrogen-bond donors (Lipinski definition) is 0. The Balaban J connectivity index is 1.90. The molecule has 0 N–H and O–H groups in total. The minimum absolute atomic E-state index is 0.00114. The normalized spacial score (nSPS) is 11.1. The number of fused-ring (bicyclic) bond motifs is 1. The summed E-state index contributed by atoms with van der Waals surface area (Å²) in [4.78, 5) is 26.1. The highest BCUT2D eigenvalue weighted by Crippen LogP contribution is 2.20. The van der Waals surface area contributed by atoms with Crippen LogP contribution < -0.4 is 16.0 Å². The van der Waals surface area contributed by atoms with Gasteiger partial charge >= 0.3 is 5.69 Å². The van der Waals surface area contributed by atoms with Gasteiger partial charge in [-0.15, -0.1) is 11.3 Å². The predicted molar refractivity (Wildman–Crippen MR) is 108 cm³/mol. The van der Waals surface area contributed by atoms with Crippen molar-refractivity contribution in [1.82, 2.24) is 9.13 Å². The molecule has 8 heteroatoms. The van der Waals surface area contributed by atoms with E-state index in [4.69, 9.17) is 4.74 Å². The largest absolute Gasteiger partial charge is 0.496 e. The van der Waals surface area contributed by atoms with E-state index in [1.54, 1.807) is 35.7 Å². The Kier molecular flexibility index (Phi) is 5.02. The topological polar surface area (TPSA) is 53.2 Å². The van der Waals surface area contributed by atoms with Gasteiger partial charge in [0.15, 0.2) is 0 Å². The molecule has 0 atom stereocenters. The number of para-hydroxylation sites is 1. The van der Waals surface area contributed by atoms with Crippen LogP contribution in [0.2, 0.25) is 0 Å². The Labute approximate surface area is 168 Å². The van der Waals surface area contributed by atoms with Gasteiger partial charge in [-0.05, 0) is 35.7 Å². The lowest BCUT2D eigenvalue weighted by molar-refractivity contribution is 0.407. The van der Waals surface area contributed by atoms with Gasteiger partial charge < -0.3 is 4.74 Å². The summed E-state index contributed by atoms with van der Waals surface area (Å²) in [6.45, 7) is -0.191. The maximum absolute atomic E-state index is 14.2. The van der Waals surface area contributed by atoms with Crippen LogP contribution in [-0.4, -0.2) is 16.2 Å². The number of hydrogen-bond acceptors (Lipinski definition) is 4. The van der Waals surface area contributed by atoms with E-state index in [1.165, 1.54) is 23.0 Å². The van der Waals surface area contributed by atoms with E-state index < -0.39 is 22.9 Å². The summed E-state index contributed by atoms with van der Waals surface area (Å²) in [5.74, 6) is -0.671. The summed E-state index contributed by atoms with van der Waals surface area (Å²) < 4.78 is 35.8. The number of nitrogens with zero attached hydrogens (tertiary/aromatic N) is 2. The average molecular weight is 414 g/mol. The second-order valence-corrected chi connectivity index (χ2v) is 7.36. The van der Waals surface area contributed by atoms with E-state index in [0.29, 0.717) is 21.5 Å². The quantitative estimate of drug-likeness (QED) is 0.501. The Hall–Kier alpha value is -3.26. The first-order valence-corrected chi connectivity index (χ1v) is 9.64. The monoisotopic (exact) mass is 414 g/mol. The van der Waals surface area contributed by atoms with Gasteiger partial charge in [0.1, 0.15) is 22.1 Å². The van der Waals surface area contributed by atoms with E-state index in [9.17, 15) is 18.4 Å². The first kappa shape index (κ1) is 19.1. The van der Waals surface area contributed by atoms with Crippen molar-refractivity contribution in [2.75, 3.05) is 7.11 Å². The van der Waals surface area contributed by atoms with E-state index in [0.717, 1.165) is 22.8 Å². The van der Waals surface area contributed by atoms with Crippen molar-refractivity contribution in [2.24, 2.45) is 0 Å². The highest BCUT2D eigenvalue weighted by Gasteiger charge is 2.17. The van der Waals surface area contributed by atoms with Crippen molar-refractivity contribution >= 4 is 21.6 Å². The molecule has 0 saturated carbocycles. The maximum Gasteiger partial charge on any atom is 0.332 e. The number of ether oxygens (including phenoxy) is 1. The van der Waals surface area contributed by atoms with Crippen LogP contribution in [0.4, 0.5) is 8.78 Å². The molecule has 0 bridgehead atoms. The average Bonchev–Trinajstić information content (AvgIpc) is 3.21. The predicted octanol–water partition coefficient (Wildman–Crippen LogP) is 3.61. The van der Waals surface area contributed by atoms with Crippen LogP contribution in [0, 0.1) is 11.6 Å². The van der Waals surface area contributed by atoms with Gasteiger partial charge in [-0.25, -0.2) is 13.6 Å². The fraction of sp³-hybridized carbons (Fsp3) is 0.143. The highest BCUT2D eigenvalue weighted by atomic mass is 32.1. The highest BCUT2D eigenvalue weighted by molar-refractivity contribution is 7.17. The molecule has 2 aromatic carbocycles. The van der Waals surface area contributed by atoms with Crippen molar-refractivity contribution in [1.29, 1.82) is 0 Å². The molecule has 5 nitrogen and oxygen atoms in total. The number of rotatable bonds is 5. The summed E-state index contributed by atoms with van der Waals surface area (Å²) in [5.41, 5.74) is 0.0537. The zero-order chi connectivity index (χ0) is 20.5. The van der Waals surface area contributed by atoms with Gasteiger partial charge in [0.05, 0.1) is 25.7 Å². The summed E-state index contributed by atoms with van der Waals surface area (Å²) in [6.07, 6.45) is 0. The van der Waals surface area contributed by atoms with E-state index >= 15 is 0 Å². The van der Waals surface area contributed by atoms with E-state index in [-0.39, 0.29) is 18.7 Å². The first-order valence-electron chi connectivity index (χ1n) is 8.76. The molecule has 0 aliphatic carbocycles. The Bertz CT molecular complexity index is 1320. The fourth-order valence-corrected chi connectivity index (χ4v) is 4.11. The Morgan fingerprint density at radius 3 is 2.52 bits per heavy atom. The van der Waals surface area contributed by atoms with Crippen LogP contribution in [0.1, 0.15) is 11.1 Å². The van der Waals surface area contributed by atoms with Gasteiger partial charge in [-0.3, -0.25) is 13.9 Å². The molecule has 4 aromatic rings. The molecule has 148 valence electrons. The lowest BCUT2D eigenvalue weighted by Gasteiger charge is -2.14. The van der Waals surface area contributed by atoms with Crippen molar-refractivity contribution in [3.05, 3.63) is 97.5 Å². The second-order valence-electron chi connectivity index (χ2n) is 6.44. The van der Waals surface area contributed by atoms with E-state index in [1.807, 2.05) is 0 Å². The molecular weight excluding hydrogens is 398 g/mol. The SMILES string of the molecule is COc1ccccc1Cn1c(=O)c2sccc2n(Cc2cc(F)ccc2F)c1=O. The van der Waals surface area contributed by atoms with Crippen LogP contribution in [0.3, 0.4) is 0 Å². The lowest BCUT2D eigenvalue weighted by atomic mass is 10.2. The molecule has 29 heavy (non-hydrogen) atoms. The van der Waals surface area contributed by atoms with Crippen LogP contribution >= 0.6 is 11.3 Å². The number of aromatic nitrogens is 2. The molecule has 0 fully saturated rings. The maximum atomic E-state index is 14.2. The molecule has 0 radical (unpaired) electrons. The van der Waals surface area contributed by atoms with Gasteiger partial charge in [0.25, 0.3) is 5.56 Å². The third-order valence-electron chi connectivity index (χ3n) is 4.69. The minimum Gasteiger partial charge on any atom is -0.496 e. The smallest absolute Gasteiger partial charge is 0.332 e. The minimum atomic E-state index is -0.621. The molecule has 0 saturated heterocycles. The van der Waals surface area contributed by atoms with Gasteiger partial charge in [-0.2, -0.15) is 0 Å². The van der Waals surface area contributed by atoms with Crippen LogP contribution in [-0.2, 0) is 13.1 Å². The molecule has 0 unspecified atom stereocenters. The number of benzene rings is 2. The van der Waals surface area contributed by atoms with Crippen molar-refractivity contribution in [3.63, 3.8) is 0 Å². The van der Waals surface area contributed by atoms with E-state index in [2.05, 4.69) is 0 Å². The van der Waals surface area contributed by atoms with Crippen molar-refractivity contribution < 1.29 is 13.5 Å². The second kappa shape index (κ2) is 7.63. The van der Waals surface area contributed by atoms with Crippen molar-refractivity contribution in [2.45, 2.75) is 13.1 Å². The summed E-state index contributed by atoms with van der Waals surface area (Å²) in [5, 5.41) is 1.69. The summed E-state index contributed by atoms with van der Waals surface area (Å²) in [6, 6.07) is 11.8. The van der Waals surface area contributed by atoms with Gasteiger partial charge in [0.2, 0.25) is 0 Å². The third-order valence-corrected chi connectivity index (χ3v) is 5.59.